The van der Waals surface area contributed by atoms with Crippen LogP contribution in [0.4, 0.5) is 17.1 Å². The number of hydrazone groups is 1. The third kappa shape index (κ3) is 5.39. The number of hydrogen-bond acceptors (Lipinski definition) is 7. The average molecular weight is 475 g/mol. The minimum atomic E-state index is -4.11. The fourth-order valence-electron chi connectivity index (χ4n) is 2.63. The maximum absolute atomic E-state index is 12.6. The molecular weight excluding hydrogens is 460 g/mol. The molecule has 0 spiro atoms. The third-order valence-electron chi connectivity index (χ3n) is 4.15. The molecule has 0 aliphatic carbocycles. The number of nitrogens with one attached hydrogen (secondary N) is 2. The Morgan fingerprint density at radius 1 is 1.09 bits per heavy atom. The predicted octanol–water partition coefficient (Wildman–Crippen LogP) is 4.19. The van der Waals surface area contributed by atoms with E-state index in [9.17, 15) is 28.4 Å². The molecule has 0 saturated carbocycles. The van der Waals surface area contributed by atoms with Crippen LogP contribution in [-0.4, -0.2) is 30.6 Å². The van der Waals surface area contributed by atoms with Crippen LogP contribution in [0, 0.1) is 10.1 Å². The number of halogens is 1. The molecule has 0 bridgehead atoms. The molecule has 0 fully saturated rings. The Morgan fingerprint density at radius 2 is 1.78 bits per heavy atom. The summed E-state index contributed by atoms with van der Waals surface area (Å²) >= 11 is 5.78. The number of nitro groups is 1. The summed E-state index contributed by atoms with van der Waals surface area (Å²) in [5, 5.41) is 24.9. The summed E-state index contributed by atoms with van der Waals surface area (Å²) in [6.07, 6.45) is 1.19. The van der Waals surface area contributed by atoms with Gasteiger partial charge in [-0.15, -0.1) is 0 Å². The van der Waals surface area contributed by atoms with E-state index in [1.165, 1.54) is 54.7 Å². The molecule has 3 N–H and O–H groups in total. The molecule has 0 saturated heterocycles. The van der Waals surface area contributed by atoms with Gasteiger partial charge in [-0.3, -0.25) is 20.3 Å². The predicted molar refractivity (Wildman–Crippen MR) is 120 cm³/mol. The lowest BCUT2D eigenvalue weighted by Gasteiger charge is -2.09. The van der Waals surface area contributed by atoms with E-state index in [0.717, 1.165) is 6.07 Å². The van der Waals surface area contributed by atoms with E-state index in [2.05, 4.69) is 15.2 Å². The van der Waals surface area contributed by atoms with Gasteiger partial charge in [0.15, 0.2) is 0 Å². The number of hydrogen-bond donors (Lipinski definition) is 3. The van der Waals surface area contributed by atoms with Gasteiger partial charge in [0.05, 0.1) is 21.6 Å². The molecule has 3 aromatic rings. The van der Waals surface area contributed by atoms with Crippen molar-refractivity contribution in [2.24, 2.45) is 5.10 Å². The van der Waals surface area contributed by atoms with Crippen molar-refractivity contribution >= 4 is 50.9 Å². The molecule has 0 aromatic heterocycles. The maximum atomic E-state index is 12.6. The van der Waals surface area contributed by atoms with Crippen LogP contribution in [-0.2, 0) is 10.0 Å². The molecule has 12 heteroatoms. The fraction of sp³-hybridized carbons (Fsp3) is 0. The first kappa shape index (κ1) is 22.7. The monoisotopic (exact) mass is 474 g/mol. The lowest BCUT2D eigenvalue weighted by Crippen LogP contribution is -2.13. The average Bonchev–Trinajstić information content (AvgIpc) is 2.75. The van der Waals surface area contributed by atoms with Crippen molar-refractivity contribution in [2.75, 3.05) is 10.1 Å². The minimum absolute atomic E-state index is 0.00210. The Morgan fingerprint density at radius 3 is 2.44 bits per heavy atom. The van der Waals surface area contributed by atoms with Gasteiger partial charge in [0.25, 0.3) is 15.7 Å². The SMILES string of the molecule is O=C(O)c1ccccc1/C=N\Nc1ccc(S(=O)(=O)Nc2ccc(Cl)cc2)cc1[N+](=O)[O-]. The van der Waals surface area contributed by atoms with Crippen molar-refractivity contribution in [1.82, 2.24) is 0 Å². The van der Waals surface area contributed by atoms with Gasteiger partial charge in [-0.1, -0.05) is 29.8 Å². The van der Waals surface area contributed by atoms with E-state index in [1.54, 1.807) is 12.1 Å². The van der Waals surface area contributed by atoms with Crippen LogP contribution in [0.5, 0.6) is 0 Å². The van der Waals surface area contributed by atoms with Gasteiger partial charge in [-0.25, -0.2) is 13.2 Å². The van der Waals surface area contributed by atoms with Gasteiger partial charge in [-0.05, 0) is 42.5 Å². The van der Waals surface area contributed by atoms with Crippen molar-refractivity contribution < 1.29 is 23.2 Å². The Labute approximate surface area is 187 Å². The van der Waals surface area contributed by atoms with Crippen LogP contribution in [0.2, 0.25) is 5.02 Å². The molecule has 10 nitrogen and oxygen atoms in total. The molecule has 0 aliphatic rings. The van der Waals surface area contributed by atoms with Gasteiger partial charge in [0.2, 0.25) is 0 Å². The van der Waals surface area contributed by atoms with E-state index in [4.69, 9.17) is 11.6 Å². The molecule has 0 radical (unpaired) electrons. The number of aromatic carboxylic acids is 1. The second kappa shape index (κ2) is 9.45. The molecule has 0 unspecified atom stereocenters. The molecule has 0 heterocycles. The summed E-state index contributed by atoms with van der Waals surface area (Å²) in [7, 11) is -4.11. The second-order valence-corrected chi connectivity index (χ2v) is 8.43. The number of carboxylic acid groups (broad SMARTS) is 1. The summed E-state index contributed by atoms with van der Waals surface area (Å²) in [6.45, 7) is 0. The highest BCUT2D eigenvalue weighted by molar-refractivity contribution is 7.92. The Balaban J connectivity index is 1.86. The number of benzene rings is 3. The smallest absolute Gasteiger partial charge is 0.336 e. The summed E-state index contributed by atoms with van der Waals surface area (Å²) in [5.41, 5.74) is 2.35. The summed E-state index contributed by atoms with van der Waals surface area (Å²) in [4.78, 5) is 21.6. The van der Waals surface area contributed by atoms with Crippen molar-refractivity contribution in [3.8, 4) is 0 Å². The van der Waals surface area contributed by atoms with E-state index in [0.29, 0.717) is 5.02 Å². The Bertz CT molecular complexity index is 1310. The second-order valence-electron chi connectivity index (χ2n) is 6.31. The lowest BCUT2D eigenvalue weighted by molar-refractivity contribution is -0.384. The number of anilines is 2. The normalized spacial score (nSPS) is 11.3. The van der Waals surface area contributed by atoms with Crippen LogP contribution in [0.25, 0.3) is 0 Å². The first-order chi connectivity index (χ1) is 15.2. The van der Waals surface area contributed by atoms with Crippen LogP contribution in [0.1, 0.15) is 15.9 Å². The fourth-order valence-corrected chi connectivity index (χ4v) is 3.84. The van der Waals surface area contributed by atoms with E-state index < -0.39 is 26.6 Å². The molecule has 164 valence electrons. The summed E-state index contributed by atoms with van der Waals surface area (Å²) in [6, 6.07) is 15.2. The molecule has 0 atom stereocenters. The topological polar surface area (TPSA) is 151 Å². The van der Waals surface area contributed by atoms with Crippen LogP contribution in [0.3, 0.4) is 0 Å². The number of nitrogens with zero attached hydrogens (tertiary/aromatic N) is 2. The van der Waals surface area contributed by atoms with E-state index in [-0.39, 0.29) is 27.4 Å². The lowest BCUT2D eigenvalue weighted by atomic mass is 10.1. The zero-order valence-corrected chi connectivity index (χ0v) is 17.7. The van der Waals surface area contributed by atoms with Gasteiger partial charge < -0.3 is 5.11 Å². The minimum Gasteiger partial charge on any atom is -0.478 e. The third-order valence-corrected chi connectivity index (χ3v) is 5.78. The Hall–Kier alpha value is -3.96. The quantitative estimate of drug-likeness (QED) is 0.251. The first-order valence-corrected chi connectivity index (χ1v) is 10.7. The number of nitro benzene ring substituents is 1. The van der Waals surface area contributed by atoms with Crippen molar-refractivity contribution in [3.63, 3.8) is 0 Å². The zero-order valence-electron chi connectivity index (χ0n) is 16.1. The van der Waals surface area contributed by atoms with Gasteiger partial charge >= 0.3 is 5.97 Å². The molecule has 3 aromatic carbocycles. The molecule has 3 rings (SSSR count). The summed E-state index contributed by atoms with van der Waals surface area (Å²) < 4.78 is 27.5. The van der Waals surface area contributed by atoms with Crippen LogP contribution in [0.15, 0.2) is 76.7 Å². The van der Waals surface area contributed by atoms with E-state index >= 15 is 0 Å². The van der Waals surface area contributed by atoms with Crippen LogP contribution >= 0.6 is 11.6 Å². The standard InChI is InChI=1S/C20H15ClN4O6S/c21-14-5-7-15(8-6-14)24-32(30,31)16-9-10-18(19(11-16)25(28)29)23-22-12-13-3-1-2-4-17(13)20(26)27/h1-12,23-24H,(H,26,27)/b22-12-. The van der Waals surface area contributed by atoms with E-state index in [1.807, 2.05) is 0 Å². The largest absolute Gasteiger partial charge is 0.478 e. The maximum Gasteiger partial charge on any atom is 0.336 e. The number of carboxylic acids is 1. The van der Waals surface area contributed by atoms with Gasteiger partial charge in [-0.2, -0.15) is 5.10 Å². The highest BCUT2D eigenvalue weighted by Crippen LogP contribution is 2.29. The van der Waals surface area contributed by atoms with Gasteiger partial charge in [0, 0.05) is 22.3 Å². The van der Waals surface area contributed by atoms with Crippen molar-refractivity contribution in [3.05, 3.63) is 93.0 Å². The van der Waals surface area contributed by atoms with Crippen molar-refractivity contribution in [2.45, 2.75) is 4.90 Å². The molecular formula is C20H15ClN4O6S. The zero-order chi connectivity index (χ0) is 23.3. The number of sulfonamides is 1. The summed E-state index contributed by atoms with van der Waals surface area (Å²) in [5.74, 6) is -1.15. The highest BCUT2D eigenvalue weighted by atomic mass is 35.5. The molecule has 0 amide bonds. The Kier molecular flexibility index (Phi) is 6.71. The van der Waals surface area contributed by atoms with Gasteiger partial charge in [0.1, 0.15) is 5.69 Å². The first-order valence-electron chi connectivity index (χ1n) is 8.85. The van der Waals surface area contributed by atoms with Crippen LogP contribution < -0.4 is 10.1 Å². The molecule has 32 heavy (non-hydrogen) atoms. The van der Waals surface area contributed by atoms with Crippen molar-refractivity contribution in [1.29, 1.82) is 0 Å². The highest BCUT2D eigenvalue weighted by Gasteiger charge is 2.21. The number of rotatable bonds is 8. The number of carbonyl (C=O) groups is 1. The molecule has 0 aliphatic heterocycles.